The molecule has 0 aliphatic carbocycles. The summed E-state index contributed by atoms with van der Waals surface area (Å²) < 4.78 is 30.8. The Bertz CT molecular complexity index is 1020. The van der Waals surface area contributed by atoms with Crippen molar-refractivity contribution in [2.75, 3.05) is 13.4 Å². The molecule has 0 radical (unpaired) electrons. The number of pyridine rings is 1. The van der Waals surface area contributed by atoms with E-state index in [1.165, 1.54) is 6.07 Å². The number of aliphatic carboxylic acids is 1. The van der Waals surface area contributed by atoms with Crippen LogP contribution in [-0.2, 0) is 4.79 Å². The molecule has 27 heavy (non-hydrogen) atoms. The fraction of sp³-hybridized carbons (Fsp3) is 0.200. The lowest BCUT2D eigenvalue weighted by Gasteiger charge is -2.12. The molecule has 4 rings (SSSR count). The van der Waals surface area contributed by atoms with Crippen LogP contribution in [-0.4, -0.2) is 29.5 Å². The molecule has 3 aromatic rings. The summed E-state index contributed by atoms with van der Waals surface area (Å²) in [5.41, 5.74) is 1.35. The van der Waals surface area contributed by atoms with Crippen LogP contribution in [0.4, 0.5) is 4.39 Å². The minimum atomic E-state index is -0.881. The Balaban J connectivity index is 1.77. The van der Waals surface area contributed by atoms with Crippen LogP contribution < -0.4 is 14.2 Å². The van der Waals surface area contributed by atoms with Gasteiger partial charge in [0.05, 0.1) is 17.8 Å². The van der Waals surface area contributed by atoms with Gasteiger partial charge in [-0.3, -0.25) is 4.79 Å². The summed E-state index contributed by atoms with van der Waals surface area (Å²) >= 11 is 0. The van der Waals surface area contributed by atoms with E-state index < -0.39 is 5.97 Å². The van der Waals surface area contributed by atoms with Crippen molar-refractivity contribution in [2.45, 2.75) is 12.8 Å². The smallest absolute Gasteiger partial charge is 0.303 e. The van der Waals surface area contributed by atoms with Crippen LogP contribution in [0.5, 0.6) is 17.2 Å². The van der Waals surface area contributed by atoms with Crippen molar-refractivity contribution < 1.29 is 28.5 Å². The first-order valence-corrected chi connectivity index (χ1v) is 8.46. The standard InChI is InChI=1S/C20H16FNO5/c21-14-5-2-1-4-12(14)15-9-17(25-7-3-6-20(23)24)13-8-18-19(27-11-26-18)10-16(13)22-15/h1-2,4-5,8-10H,3,6-7,11H2,(H,23,24). The predicted octanol–water partition coefficient (Wildman–Crippen LogP) is 4.01. The van der Waals surface area contributed by atoms with Crippen molar-refractivity contribution in [3.05, 3.63) is 48.3 Å². The summed E-state index contributed by atoms with van der Waals surface area (Å²) in [6, 6.07) is 11.5. The summed E-state index contributed by atoms with van der Waals surface area (Å²) in [5.74, 6) is 0.369. The third-order valence-corrected chi connectivity index (χ3v) is 4.21. The highest BCUT2D eigenvalue weighted by Crippen LogP contribution is 2.40. The quantitative estimate of drug-likeness (QED) is 0.662. The van der Waals surface area contributed by atoms with Gasteiger partial charge in [0.2, 0.25) is 6.79 Å². The van der Waals surface area contributed by atoms with Gasteiger partial charge in [0.1, 0.15) is 11.6 Å². The zero-order valence-corrected chi connectivity index (χ0v) is 14.3. The van der Waals surface area contributed by atoms with Gasteiger partial charge in [-0.25, -0.2) is 9.37 Å². The number of rotatable bonds is 6. The number of aromatic nitrogens is 1. The van der Waals surface area contributed by atoms with E-state index in [1.807, 2.05) is 0 Å². The SMILES string of the molecule is O=C(O)CCCOc1cc(-c2ccccc2F)nc2cc3c(cc12)OCO3. The van der Waals surface area contributed by atoms with Gasteiger partial charge in [-0.1, -0.05) is 12.1 Å². The molecular formula is C20H16FNO5. The molecule has 0 atom stereocenters. The normalized spacial score (nSPS) is 12.3. The number of carbonyl (C=O) groups is 1. The van der Waals surface area contributed by atoms with Gasteiger partial charge in [-0.15, -0.1) is 0 Å². The van der Waals surface area contributed by atoms with Gasteiger partial charge < -0.3 is 19.3 Å². The minimum absolute atomic E-state index is 0.00946. The highest BCUT2D eigenvalue weighted by Gasteiger charge is 2.19. The highest BCUT2D eigenvalue weighted by molar-refractivity contribution is 5.91. The first kappa shape index (κ1) is 17.1. The molecule has 0 bridgehead atoms. The fourth-order valence-corrected chi connectivity index (χ4v) is 2.92. The topological polar surface area (TPSA) is 77.9 Å². The van der Waals surface area contributed by atoms with Gasteiger partial charge in [-0.05, 0) is 24.6 Å². The van der Waals surface area contributed by atoms with Crippen LogP contribution in [0.1, 0.15) is 12.8 Å². The predicted molar refractivity (Wildman–Crippen MR) is 95.6 cm³/mol. The molecular weight excluding hydrogens is 353 g/mol. The summed E-state index contributed by atoms with van der Waals surface area (Å²) in [6.45, 7) is 0.344. The second-order valence-electron chi connectivity index (χ2n) is 6.05. The molecule has 2 aromatic carbocycles. The van der Waals surface area contributed by atoms with Gasteiger partial charge in [-0.2, -0.15) is 0 Å². The largest absolute Gasteiger partial charge is 0.493 e. The van der Waals surface area contributed by atoms with Crippen molar-refractivity contribution in [3.8, 4) is 28.5 Å². The maximum Gasteiger partial charge on any atom is 0.303 e. The second-order valence-corrected chi connectivity index (χ2v) is 6.05. The first-order valence-electron chi connectivity index (χ1n) is 8.46. The van der Waals surface area contributed by atoms with Crippen molar-refractivity contribution in [3.63, 3.8) is 0 Å². The lowest BCUT2D eigenvalue weighted by atomic mass is 10.1. The Labute approximate surface area is 154 Å². The van der Waals surface area contributed by atoms with Crippen molar-refractivity contribution in [1.29, 1.82) is 0 Å². The van der Waals surface area contributed by atoms with Crippen LogP contribution in [0.15, 0.2) is 42.5 Å². The number of carboxylic acids is 1. The van der Waals surface area contributed by atoms with Crippen molar-refractivity contribution >= 4 is 16.9 Å². The number of hydrogen-bond donors (Lipinski definition) is 1. The van der Waals surface area contributed by atoms with E-state index in [9.17, 15) is 9.18 Å². The number of fused-ring (bicyclic) bond motifs is 2. The number of carboxylic acid groups (broad SMARTS) is 1. The zero-order valence-electron chi connectivity index (χ0n) is 14.3. The summed E-state index contributed by atoms with van der Waals surface area (Å²) in [4.78, 5) is 15.2. The Kier molecular flexibility index (Phi) is 4.50. The second kappa shape index (κ2) is 7.11. The number of hydrogen-bond acceptors (Lipinski definition) is 5. The van der Waals surface area contributed by atoms with Crippen LogP contribution in [0.3, 0.4) is 0 Å². The average molecular weight is 369 g/mol. The van der Waals surface area contributed by atoms with E-state index in [1.54, 1.807) is 36.4 Å². The third kappa shape index (κ3) is 3.48. The summed E-state index contributed by atoms with van der Waals surface area (Å²) in [5, 5.41) is 9.46. The summed E-state index contributed by atoms with van der Waals surface area (Å²) in [6.07, 6.45) is 0.369. The van der Waals surface area contributed by atoms with Crippen LogP contribution in [0.25, 0.3) is 22.2 Å². The molecule has 0 saturated carbocycles. The number of benzene rings is 2. The lowest BCUT2D eigenvalue weighted by Crippen LogP contribution is -2.03. The molecule has 0 unspecified atom stereocenters. The zero-order chi connectivity index (χ0) is 18.8. The molecule has 1 aliphatic heterocycles. The van der Waals surface area contributed by atoms with E-state index in [0.717, 1.165) is 0 Å². The van der Waals surface area contributed by atoms with E-state index >= 15 is 0 Å². The maximum atomic E-state index is 14.2. The number of ether oxygens (including phenoxy) is 3. The van der Waals surface area contributed by atoms with E-state index in [0.29, 0.717) is 45.8 Å². The van der Waals surface area contributed by atoms with Gasteiger partial charge in [0, 0.05) is 29.5 Å². The van der Waals surface area contributed by atoms with E-state index in [4.69, 9.17) is 19.3 Å². The Hall–Kier alpha value is -3.35. The molecule has 0 spiro atoms. The number of nitrogens with zero attached hydrogens (tertiary/aromatic N) is 1. The molecule has 0 fully saturated rings. The molecule has 6 nitrogen and oxygen atoms in total. The molecule has 1 aromatic heterocycles. The van der Waals surface area contributed by atoms with Gasteiger partial charge in [0.15, 0.2) is 11.5 Å². The molecule has 0 saturated heterocycles. The Morgan fingerprint density at radius 1 is 1.19 bits per heavy atom. The number of halogens is 1. The first-order chi connectivity index (χ1) is 13.1. The third-order valence-electron chi connectivity index (χ3n) is 4.21. The Morgan fingerprint density at radius 3 is 2.74 bits per heavy atom. The maximum absolute atomic E-state index is 14.2. The molecule has 1 N–H and O–H groups in total. The fourth-order valence-electron chi connectivity index (χ4n) is 2.92. The Morgan fingerprint density at radius 2 is 1.96 bits per heavy atom. The monoisotopic (exact) mass is 369 g/mol. The van der Waals surface area contributed by atoms with E-state index in [-0.39, 0.29) is 25.6 Å². The van der Waals surface area contributed by atoms with Gasteiger partial charge in [0.25, 0.3) is 0 Å². The molecule has 1 aliphatic rings. The molecule has 2 heterocycles. The summed E-state index contributed by atoms with van der Waals surface area (Å²) in [7, 11) is 0. The highest BCUT2D eigenvalue weighted by atomic mass is 19.1. The van der Waals surface area contributed by atoms with E-state index in [2.05, 4.69) is 4.98 Å². The average Bonchev–Trinajstić information content (AvgIpc) is 3.10. The van der Waals surface area contributed by atoms with Crippen molar-refractivity contribution in [2.24, 2.45) is 0 Å². The van der Waals surface area contributed by atoms with Crippen LogP contribution in [0.2, 0.25) is 0 Å². The lowest BCUT2D eigenvalue weighted by molar-refractivity contribution is -0.137. The van der Waals surface area contributed by atoms with Crippen molar-refractivity contribution in [1.82, 2.24) is 4.98 Å². The molecule has 0 amide bonds. The molecule has 7 heteroatoms. The van der Waals surface area contributed by atoms with Crippen LogP contribution in [0, 0.1) is 5.82 Å². The van der Waals surface area contributed by atoms with Gasteiger partial charge >= 0.3 is 5.97 Å². The van der Waals surface area contributed by atoms with Crippen LogP contribution >= 0.6 is 0 Å². The molecule has 138 valence electrons. The minimum Gasteiger partial charge on any atom is -0.493 e.